The molecule has 2 heteroatoms. The smallest absolute Gasteiger partial charge is 0.0408 e. The first-order valence-corrected chi connectivity index (χ1v) is 16.6. The Labute approximate surface area is 233 Å². The van der Waals surface area contributed by atoms with E-state index in [2.05, 4.69) is 73.4 Å². The van der Waals surface area contributed by atoms with Gasteiger partial charge in [-0.3, -0.25) is 0 Å². The summed E-state index contributed by atoms with van der Waals surface area (Å²) in [5, 5.41) is 0. The summed E-state index contributed by atoms with van der Waals surface area (Å²) in [5.74, 6) is 0. The lowest BCUT2D eigenvalue weighted by molar-refractivity contribution is 0.436. The fourth-order valence-electron chi connectivity index (χ4n) is 5.95. The molecule has 2 rings (SSSR count). The van der Waals surface area contributed by atoms with Crippen LogP contribution in [0.15, 0.2) is 18.2 Å². The number of nitrogens with zero attached hydrogens (tertiary/aromatic N) is 1. The molecule has 0 fully saturated rings. The molecule has 1 nitrogen and oxygen atoms in total. The zero-order chi connectivity index (χ0) is 25.4. The molecule has 1 aromatic carbocycles. The summed E-state index contributed by atoms with van der Waals surface area (Å²) in [5.41, 5.74) is 3.29. The molecule has 0 N–H and O–H groups in total. The lowest BCUT2D eigenvalue weighted by Crippen LogP contribution is -2.39. The second-order valence-electron chi connectivity index (χ2n) is 12.0. The van der Waals surface area contributed by atoms with Gasteiger partial charge in [-0.1, -0.05) is 143 Å². The molecule has 1 aliphatic heterocycles. The molecule has 0 aromatic heterocycles. The molecular formula is C33H58IN. The summed E-state index contributed by atoms with van der Waals surface area (Å²) in [7, 11) is 0. The van der Waals surface area contributed by atoms with Gasteiger partial charge in [-0.25, -0.2) is 0 Å². The van der Waals surface area contributed by atoms with Gasteiger partial charge < -0.3 is 4.90 Å². The SMILES string of the molecule is CCCCCCCCCCCCCCCCCCCCCCN1c2ccc(I)cc2C(C)(C)C1C. The van der Waals surface area contributed by atoms with E-state index < -0.39 is 0 Å². The van der Waals surface area contributed by atoms with Crippen LogP contribution in [0, 0.1) is 3.57 Å². The standard InChI is InChI=1S/C33H58IN/c1-5-6-7-8-9-10-11-12-13-14-15-16-17-18-19-20-21-22-23-24-27-35-29(2)33(3,4)31-28-30(34)25-26-32(31)35/h25-26,28-29H,5-24,27H2,1-4H3. The zero-order valence-corrected chi connectivity index (χ0v) is 26.1. The number of benzene rings is 1. The van der Waals surface area contributed by atoms with Crippen LogP contribution in [-0.2, 0) is 5.41 Å². The lowest BCUT2D eigenvalue weighted by Gasteiger charge is -2.31. The van der Waals surface area contributed by atoms with Gasteiger partial charge in [0.2, 0.25) is 0 Å². The van der Waals surface area contributed by atoms with Gasteiger partial charge in [-0.05, 0) is 59.7 Å². The van der Waals surface area contributed by atoms with Crippen molar-refractivity contribution in [1.29, 1.82) is 0 Å². The fourth-order valence-corrected chi connectivity index (χ4v) is 6.44. The van der Waals surface area contributed by atoms with Crippen LogP contribution >= 0.6 is 22.6 Å². The minimum absolute atomic E-state index is 0.254. The molecule has 35 heavy (non-hydrogen) atoms. The van der Waals surface area contributed by atoms with Crippen LogP contribution in [0.3, 0.4) is 0 Å². The average Bonchev–Trinajstić information content (AvgIpc) is 3.02. The number of unbranched alkanes of at least 4 members (excludes halogenated alkanes) is 19. The zero-order valence-electron chi connectivity index (χ0n) is 24.0. The maximum absolute atomic E-state index is 2.68. The van der Waals surface area contributed by atoms with Crippen molar-refractivity contribution in [3.63, 3.8) is 0 Å². The van der Waals surface area contributed by atoms with Crippen LogP contribution in [0.5, 0.6) is 0 Å². The minimum Gasteiger partial charge on any atom is -0.368 e. The van der Waals surface area contributed by atoms with Crippen molar-refractivity contribution in [2.45, 2.75) is 168 Å². The van der Waals surface area contributed by atoms with Crippen molar-refractivity contribution < 1.29 is 0 Å². The molecule has 0 saturated carbocycles. The van der Waals surface area contributed by atoms with E-state index in [-0.39, 0.29) is 5.41 Å². The van der Waals surface area contributed by atoms with E-state index in [0.717, 1.165) is 0 Å². The molecule has 1 unspecified atom stereocenters. The Balaban J connectivity index is 1.37. The highest BCUT2D eigenvalue weighted by Gasteiger charge is 2.41. The predicted octanol–water partition coefficient (Wildman–Crippen LogP) is 11.6. The number of hydrogen-bond acceptors (Lipinski definition) is 1. The van der Waals surface area contributed by atoms with Gasteiger partial charge in [0, 0.05) is 27.3 Å². The third-order valence-corrected chi connectivity index (χ3v) is 9.40. The number of halogens is 1. The van der Waals surface area contributed by atoms with Crippen molar-refractivity contribution in [1.82, 2.24) is 0 Å². The van der Waals surface area contributed by atoms with Crippen molar-refractivity contribution >= 4 is 28.3 Å². The van der Waals surface area contributed by atoms with E-state index in [4.69, 9.17) is 0 Å². The van der Waals surface area contributed by atoms with Gasteiger partial charge in [-0.15, -0.1) is 0 Å². The molecule has 1 aliphatic rings. The Morgan fingerprint density at radius 2 is 1.06 bits per heavy atom. The van der Waals surface area contributed by atoms with E-state index in [1.165, 1.54) is 144 Å². The molecule has 0 spiro atoms. The van der Waals surface area contributed by atoms with Crippen molar-refractivity contribution in [2.75, 3.05) is 11.4 Å². The summed E-state index contributed by atoms with van der Waals surface area (Å²) in [6.45, 7) is 10.8. The summed E-state index contributed by atoms with van der Waals surface area (Å²) < 4.78 is 1.36. The molecule has 0 aliphatic carbocycles. The number of rotatable bonds is 21. The number of fused-ring (bicyclic) bond motifs is 1. The molecule has 0 amide bonds. The van der Waals surface area contributed by atoms with E-state index >= 15 is 0 Å². The van der Waals surface area contributed by atoms with Gasteiger partial charge in [-0.2, -0.15) is 0 Å². The Kier molecular flexibility index (Phi) is 16.0. The van der Waals surface area contributed by atoms with Crippen molar-refractivity contribution in [3.8, 4) is 0 Å². The molecule has 0 radical (unpaired) electrons. The second-order valence-corrected chi connectivity index (χ2v) is 13.2. The lowest BCUT2D eigenvalue weighted by atomic mass is 9.81. The first-order valence-electron chi connectivity index (χ1n) is 15.5. The van der Waals surface area contributed by atoms with E-state index in [9.17, 15) is 0 Å². The third-order valence-electron chi connectivity index (χ3n) is 8.73. The van der Waals surface area contributed by atoms with E-state index in [1.807, 2.05) is 0 Å². The highest BCUT2D eigenvalue weighted by atomic mass is 127. The molecule has 1 aromatic rings. The largest absolute Gasteiger partial charge is 0.368 e. The van der Waals surface area contributed by atoms with Crippen LogP contribution in [0.4, 0.5) is 5.69 Å². The Hall–Kier alpha value is -0.250. The molecule has 1 heterocycles. The van der Waals surface area contributed by atoms with Crippen molar-refractivity contribution in [3.05, 3.63) is 27.3 Å². The average molecular weight is 596 g/mol. The Morgan fingerprint density at radius 3 is 1.49 bits per heavy atom. The van der Waals surface area contributed by atoms with Crippen LogP contribution in [-0.4, -0.2) is 12.6 Å². The minimum atomic E-state index is 0.254. The Morgan fingerprint density at radius 1 is 0.657 bits per heavy atom. The molecular weight excluding hydrogens is 537 g/mol. The normalized spacial score (nSPS) is 16.7. The summed E-state index contributed by atoms with van der Waals surface area (Å²) in [4.78, 5) is 2.68. The first kappa shape index (κ1) is 31.0. The molecule has 0 saturated heterocycles. The van der Waals surface area contributed by atoms with Crippen molar-refractivity contribution in [2.24, 2.45) is 0 Å². The fraction of sp³-hybridized carbons (Fsp3) is 0.818. The maximum Gasteiger partial charge on any atom is 0.0408 e. The van der Waals surface area contributed by atoms with Crippen LogP contribution in [0.2, 0.25) is 0 Å². The molecule has 1 atom stereocenters. The Bertz CT molecular complexity index is 667. The van der Waals surface area contributed by atoms with Gasteiger partial charge >= 0.3 is 0 Å². The van der Waals surface area contributed by atoms with Crippen LogP contribution < -0.4 is 4.90 Å². The van der Waals surface area contributed by atoms with Crippen LogP contribution in [0.1, 0.15) is 162 Å². The topological polar surface area (TPSA) is 3.24 Å². The van der Waals surface area contributed by atoms with Gasteiger partial charge in [0.05, 0.1) is 0 Å². The summed E-state index contributed by atoms with van der Waals surface area (Å²) >= 11 is 2.46. The highest BCUT2D eigenvalue weighted by Crippen LogP contribution is 2.45. The van der Waals surface area contributed by atoms with E-state index in [1.54, 1.807) is 5.56 Å². The van der Waals surface area contributed by atoms with Gasteiger partial charge in [0.1, 0.15) is 0 Å². The quantitative estimate of drug-likeness (QED) is 0.101. The van der Waals surface area contributed by atoms with Gasteiger partial charge in [0.25, 0.3) is 0 Å². The number of hydrogen-bond donors (Lipinski definition) is 0. The van der Waals surface area contributed by atoms with Gasteiger partial charge in [0.15, 0.2) is 0 Å². The second kappa shape index (κ2) is 18.1. The highest BCUT2D eigenvalue weighted by molar-refractivity contribution is 14.1. The van der Waals surface area contributed by atoms with Crippen LogP contribution in [0.25, 0.3) is 0 Å². The molecule has 202 valence electrons. The first-order chi connectivity index (χ1) is 17.0. The monoisotopic (exact) mass is 595 g/mol. The summed E-state index contributed by atoms with van der Waals surface area (Å²) in [6.07, 6.45) is 29.0. The summed E-state index contributed by atoms with van der Waals surface area (Å²) in [6, 6.07) is 7.64. The molecule has 0 bridgehead atoms. The van der Waals surface area contributed by atoms with E-state index in [0.29, 0.717) is 6.04 Å². The maximum atomic E-state index is 2.68. The number of anilines is 1. The predicted molar refractivity (Wildman–Crippen MR) is 167 cm³/mol. The third kappa shape index (κ3) is 11.3.